The maximum Gasteiger partial charge on any atom is 0.295 e. The van der Waals surface area contributed by atoms with Gasteiger partial charge in [-0.3, -0.25) is 9.59 Å². The Hall–Kier alpha value is -4.06. The van der Waals surface area contributed by atoms with Crippen LogP contribution in [0.15, 0.2) is 89.2 Å². The normalized spacial score (nSPS) is 18.2. The maximum atomic E-state index is 13.0. The summed E-state index contributed by atoms with van der Waals surface area (Å²) in [6, 6.07) is 19.3. The molecule has 0 bridgehead atoms. The zero-order valence-electron chi connectivity index (χ0n) is 16.6. The van der Waals surface area contributed by atoms with Gasteiger partial charge in [-0.25, -0.2) is 0 Å². The average Bonchev–Trinajstić information content (AvgIpc) is 3.53. The first-order valence-electron chi connectivity index (χ1n) is 10.1. The van der Waals surface area contributed by atoms with Crippen LogP contribution in [0.5, 0.6) is 0 Å². The van der Waals surface area contributed by atoms with E-state index in [-0.39, 0.29) is 11.3 Å². The minimum atomic E-state index is -0.777. The quantitative estimate of drug-likeness (QED) is 0.289. The molecule has 1 saturated heterocycles. The summed E-state index contributed by atoms with van der Waals surface area (Å²) in [4.78, 5) is 30.6. The first kappa shape index (κ1) is 18.9. The predicted molar refractivity (Wildman–Crippen MR) is 116 cm³/mol. The fourth-order valence-electron chi connectivity index (χ4n) is 4.18. The molecule has 6 heteroatoms. The van der Waals surface area contributed by atoms with Crippen LogP contribution in [-0.4, -0.2) is 33.2 Å². The molecule has 0 radical (unpaired) electrons. The zero-order valence-corrected chi connectivity index (χ0v) is 16.6. The van der Waals surface area contributed by atoms with Crippen LogP contribution in [0.1, 0.15) is 22.9 Å². The number of nitrogens with one attached hydrogen (secondary N) is 1. The minimum Gasteiger partial charge on any atom is -0.507 e. The lowest BCUT2D eigenvalue weighted by Gasteiger charge is -2.23. The van der Waals surface area contributed by atoms with Gasteiger partial charge in [-0.15, -0.1) is 0 Å². The van der Waals surface area contributed by atoms with Crippen molar-refractivity contribution in [2.24, 2.45) is 0 Å². The van der Waals surface area contributed by atoms with Gasteiger partial charge in [0.25, 0.3) is 11.7 Å². The van der Waals surface area contributed by atoms with Gasteiger partial charge in [0.2, 0.25) is 0 Å². The van der Waals surface area contributed by atoms with Crippen molar-refractivity contribution in [3.8, 4) is 0 Å². The number of ketones is 1. The highest BCUT2D eigenvalue weighted by atomic mass is 16.3. The van der Waals surface area contributed by atoms with E-state index in [1.165, 1.54) is 11.2 Å². The number of amides is 1. The number of para-hydroxylation sites is 1. The Balaban J connectivity index is 1.53. The number of aromatic nitrogens is 1. The van der Waals surface area contributed by atoms with E-state index in [2.05, 4.69) is 4.98 Å². The molecule has 31 heavy (non-hydrogen) atoms. The summed E-state index contributed by atoms with van der Waals surface area (Å²) in [6.07, 6.45) is 3.98. The van der Waals surface area contributed by atoms with Crippen LogP contribution in [0.2, 0.25) is 0 Å². The van der Waals surface area contributed by atoms with E-state index >= 15 is 0 Å². The third-order valence-corrected chi connectivity index (χ3v) is 5.70. The van der Waals surface area contributed by atoms with Crippen LogP contribution in [-0.2, 0) is 16.0 Å². The van der Waals surface area contributed by atoms with Gasteiger partial charge in [-0.1, -0.05) is 48.5 Å². The van der Waals surface area contributed by atoms with Gasteiger partial charge in [0.05, 0.1) is 11.8 Å². The largest absolute Gasteiger partial charge is 0.507 e. The van der Waals surface area contributed by atoms with Crippen molar-refractivity contribution in [3.63, 3.8) is 0 Å². The number of H-pyrrole nitrogens is 1. The Morgan fingerprint density at radius 3 is 2.55 bits per heavy atom. The summed E-state index contributed by atoms with van der Waals surface area (Å²) in [5.41, 5.74) is 2.60. The van der Waals surface area contributed by atoms with Crippen molar-refractivity contribution >= 4 is 28.4 Å². The van der Waals surface area contributed by atoms with Gasteiger partial charge in [0.1, 0.15) is 17.6 Å². The third kappa shape index (κ3) is 3.22. The van der Waals surface area contributed by atoms with E-state index in [1.54, 1.807) is 36.4 Å². The Kier molecular flexibility index (Phi) is 4.67. The van der Waals surface area contributed by atoms with Crippen molar-refractivity contribution in [1.29, 1.82) is 0 Å². The van der Waals surface area contributed by atoms with Crippen LogP contribution in [0.4, 0.5) is 0 Å². The fraction of sp³-hybridized carbons (Fsp3) is 0.120. The van der Waals surface area contributed by atoms with Crippen molar-refractivity contribution < 1.29 is 19.1 Å². The van der Waals surface area contributed by atoms with Crippen molar-refractivity contribution in [2.45, 2.75) is 12.5 Å². The molecule has 5 rings (SSSR count). The number of fused-ring (bicyclic) bond motifs is 1. The molecular formula is C25H20N2O4. The monoisotopic (exact) mass is 412 g/mol. The number of carbonyl (C=O) groups is 2. The Morgan fingerprint density at radius 1 is 1.00 bits per heavy atom. The number of furan rings is 1. The lowest BCUT2D eigenvalue weighted by Crippen LogP contribution is -2.31. The molecule has 1 aliphatic heterocycles. The van der Waals surface area contributed by atoms with Gasteiger partial charge in [-0.05, 0) is 30.2 Å². The van der Waals surface area contributed by atoms with Crippen LogP contribution in [0, 0.1) is 0 Å². The van der Waals surface area contributed by atoms with Crippen LogP contribution in [0.25, 0.3) is 16.7 Å². The molecule has 1 fully saturated rings. The van der Waals surface area contributed by atoms with E-state index in [4.69, 9.17) is 4.42 Å². The standard InChI is InChI=1S/C25H20N2O4/c28-23(16-7-2-1-3-8-16)21-22(20-11-6-14-31-20)27(25(30)24(21)29)13-12-17-15-26-19-10-5-4-9-18(17)19/h1-11,14-15,22,26,28H,12-13H2/t22-/m1/s1. The maximum absolute atomic E-state index is 13.0. The molecule has 2 aromatic carbocycles. The Labute approximate surface area is 178 Å². The van der Waals surface area contributed by atoms with Gasteiger partial charge in [0, 0.05) is 29.2 Å². The Morgan fingerprint density at radius 2 is 1.77 bits per heavy atom. The summed E-state index contributed by atoms with van der Waals surface area (Å²) in [5, 5.41) is 12.0. The number of benzene rings is 2. The molecule has 0 spiro atoms. The lowest BCUT2D eigenvalue weighted by atomic mass is 9.99. The average molecular weight is 412 g/mol. The topological polar surface area (TPSA) is 86.5 Å². The highest BCUT2D eigenvalue weighted by Crippen LogP contribution is 2.39. The summed E-state index contributed by atoms with van der Waals surface area (Å²) in [7, 11) is 0. The predicted octanol–water partition coefficient (Wildman–Crippen LogP) is 4.43. The van der Waals surface area contributed by atoms with Crippen molar-refractivity contribution in [3.05, 3.63) is 102 Å². The summed E-state index contributed by atoms with van der Waals surface area (Å²) in [5.74, 6) is -1.11. The minimum absolute atomic E-state index is 0.0464. The molecule has 1 amide bonds. The van der Waals surface area contributed by atoms with Gasteiger partial charge >= 0.3 is 0 Å². The first-order valence-corrected chi connectivity index (χ1v) is 10.1. The molecule has 0 unspecified atom stereocenters. The molecular weight excluding hydrogens is 392 g/mol. The highest BCUT2D eigenvalue weighted by molar-refractivity contribution is 6.46. The summed E-state index contributed by atoms with van der Waals surface area (Å²) < 4.78 is 5.57. The number of aromatic amines is 1. The van der Waals surface area contributed by atoms with E-state index in [0.717, 1.165) is 16.5 Å². The smallest absolute Gasteiger partial charge is 0.295 e. The number of likely N-dealkylation sites (tertiary alicyclic amines) is 1. The summed E-state index contributed by atoms with van der Waals surface area (Å²) >= 11 is 0. The van der Waals surface area contributed by atoms with E-state index in [9.17, 15) is 14.7 Å². The number of carbonyl (C=O) groups excluding carboxylic acids is 2. The second-order valence-electron chi connectivity index (χ2n) is 7.48. The lowest BCUT2D eigenvalue weighted by molar-refractivity contribution is -0.140. The first-order chi connectivity index (χ1) is 15.1. The SMILES string of the molecule is O=C1C(=O)N(CCc2c[nH]c3ccccc23)[C@H](c2ccco2)C1=C(O)c1ccccc1. The van der Waals surface area contributed by atoms with Gasteiger partial charge in [0.15, 0.2) is 0 Å². The molecule has 6 nitrogen and oxygen atoms in total. The number of Topliss-reactive ketones (excluding diaryl/α,β-unsaturated/α-hetero) is 1. The fourth-order valence-corrected chi connectivity index (χ4v) is 4.18. The molecule has 2 aromatic heterocycles. The second-order valence-corrected chi connectivity index (χ2v) is 7.48. The number of hydrogen-bond acceptors (Lipinski definition) is 4. The molecule has 0 saturated carbocycles. The molecule has 1 aliphatic rings. The molecule has 1 atom stereocenters. The van der Waals surface area contributed by atoms with Crippen LogP contribution < -0.4 is 0 Å². The van der Waals surface area contributed by atoms with E-state index < -0.39 is 17.7 Å². The third-order valence-electron chi connectivity index (χ3n) is 5.70. The molecule has 4 aromatic rings. The number of aliphatic hydroxyl groups excluding tert-OH is 1. The van der Waals surface area contributed by atoms with Crippen molar-refractivity contribution in [2.75, 3.05) is 6.54 Å². The van der Waals surface area contributed by atoms with E-state index in [0.29, 0.717) is 24.3 Å². The number of aliphatic hydroxyl groups is 1. The summed E-state index contributed by atoms with van der Waals surface area (Å²) in [6.45, 7) is 0.309. The molecule has 0 aliphatic carbocycles. The Bertz CT molecular complexity index is 1290. The van der Waals surface area contributed by atoms with Crippen LogP contribution >= 0.6 is 0 Å². The molecule has 154 valence electrons. The van der Waals surface area contributed by atoms with Crippen molar-refractivity contribution in [1.82, 2.24) is 9.88 Å². The molecule has 3 heterocycles. The number of hydrogen-bond donors (Lipinski definition) is 2. The zero-order chi connectivity index (χ0) is 21.4. The van der Waals surface area contributed by atoms with Gasteiger partial charge in [-0.2, -0.15) is 0 Å². The number of rotatable bonds is 5. The number of nitrogens with zero attached hydrogens (tertiary/aromatic N) is 1. The van der Waals surface area contributed by atoms with E-state index in [1.807, 2.05) is 36.5 Å². The highest BCUT2D eigenvalue weighted by Gasteiger charge is 2.47. The van der Waals surface area contributed by atoms with Gasteiger partial charge < -0.3 is 19.4 Å². The van der Waals surface area contributed by atoms with Crippen LogP contribution in [0.3, 0.4) is 0 Å². The molecule has 2 N–H and O–H groups in total. The second kappa shape index (κ2) is 7.65.